The molecule has 2 aromatic carbocycles. The first kappa shape index (κ1) is 19.5. The zero-order valence-electron chi connectivity index (χ0n) is 16.6. The molecule has 0 amide bonds. The smallest absolute Gasteiger partial charge is 0.232 e. The lowest BCUT2D eigenvalue weighted by Gasteiger charge is -2.25. The Morgan fingerprint density at radius 1 is 1.14 bits per heavy atom. The topological polar surface area (TPSA) is 74.3 Å². The second kappa shape index (κ2) is 8.59. The van der Waals surface area contributed by atoms with Gasteiger partial charge in [-0.3, -0.25) is 0 Å². The van der Waals surface area contributed by atoms with Crippen LogP contribution >= 0.6 is 0 Å². The van der Waals surface area contributed by atoms with Gasteiger partial charge in [0.2, 0.25) is 17.5 Å². The maximum atomic E-state index is 9.44. The van der Waals surface area contributed by atoms with Crippen molar-refractivity contribution >= 4 is 5.88 Å². The van der Waals surface area contributed by atoms with E-state index in [1.807, 2.05) is 69.6 Å². The minimum absolute atomic E-state index is 0.0883. The molecule has 1 atom stereocenters. The molecule has 1 N–H and O–H groups in total. The molecule has 0 saturated carbocycles. The highest BCUT2D eigenvalue weighted by atomic mass is 16.5. The van der Waals surface area contributed by atoms with Crippen LogP contribution in [0.3, 0.4) is 0 Å². The molecule has 0 aliphatic heterocycles. The summed E-state index contributed by atoms with van der Waals surface area (Å²) in [5.41, 5.74) is 3.38. The highest BCUT2D eigenvalue weighted by Gasteiger charge is 2.18. The average molecular weight is 376 g/mol. The summed E-state index contributed by atoms with van der Waals surface area (Å²) in [5.74, 6) is 1.64. The molecule has 0 bridgehead atoms. The number of aryl methyl sites for hydroxylation is 1. The van der Waals surface area contributed by atoms with Crippen molar-refractivity contribution < 1.29 is 9.15 Å². The molecule has 3 aromatic rings. The first-order chi connectivity index (χ1) is 13.5. The number of hydrogen-bond acceptors (Lipinski definition) is 6. The quantitative estimate of drug-likeness (QED) is 0.665. The van der Waals surface area contributed by atoms with Crippen LogP contribution in [0.4, 0.5) is 5.88 Å². The van der Waals surface area contributed by atoms with Gasteiger partial charge in [-0.15, -0.1) is 0 Å². The Bertz CT molecular complexity index is 954. The number of rotatable bonds is 7. The number of aromatic nitrogens is 1. The minimum atomic E-state index is 0.0883. The molecule has 1 unspecified atom stereocenters. The summed E-state index contributed by atoms with van der Waals surface area (Å²) in [6.07, 6.45) is 0. The van der Waals surface area contributed by atoms with E-state index >= 15 is 0 Å². The minimum Gasteiger partial charge on any atom is -0.497 e. The molecule has 0 spiro atoms. The van der Waals surface area contributed by atoms with Crippen LogP contribution < -0.4 is 10.1 Å². The molecular formula is C22H24N4O2. The van der Waals surface area contributed by atoms with Crippen LogP contribution in [0.25, 0.3) is 11.5 Å². The van der Waals surface area contributed by atoms with Gasteiger partial charge in [0, 0.05) is 12.1 Å². The lowest BCUT2D eigenvalue weighted by molar-refractivity contribution is 0.310. The van der Waals surface area contributed by atoms with Crippen molar-refractivity contribution in [2.24, 2.45) is 0 Å². The Kier molecular flexibility index (Phi) is 5.97. The molecule has 0 radical (unpaired) electrons. The van der Waals surface area contributed by atoms with Crippen LogP contribution in [0.5, 0.6) is 5.75 Å². The maximum absolute atomic E-state index is 9.44. The maximum Gasteiger partial charge on any atom is 0.232 e. The Morgan fingerprint density at radius 2 is 1.82 bits per heavy atom. The van der Waals surface area contributed by atoms with E-state index in [1.54, 1.807) is 7.11 Å². The first-order valence-electron chi connectivity index (χ1n) is 9.04. The predicted octanol–water partition coefficient (Wildman–Crippen LogP) is 4.25. The van der Waals surface area contributed by atoms with E-state index in [9.17, 15) is 5.26 Å². The molecule has 0 aliphatic rings. The molecule has 1 heterocycles. The Balaban J connectivity index is 1.79. The number of nitriles is 1. The van der Waals surface area contributed by atoms with Gasteiger partial charge in [-0.05, 0) is 50.8 Å². The fraction of sp³-hybridized carbons (Fsp3) is 0.273. The van der Waals surface area contributed by atoms with Crippen LogP contribution in [0, 0.1) is 18.3 Å². The van der Waals surface area contributed by atoms with Crippen LogP contribution in [0.15, 0.2) is 52.9 Å². The monoisotopic (exact) mass is 376 g/mol. The average Bonchev–Trinajstić information content (AvgIpc) is 3.12. The predicted molar refractivity (Wildman–Crippen MR) is 109 cm³/mol. The molecule has 0 saturated heterocycles. The van der Waals surface area contributed by atoms with Crippen molar-refractivity contribution in [2.75, 3.05) is 33.1 Å². The fourth-order valence-corrected chi connectivity index (χ4v) is 2.95. The highest BCUT2D eigenvalue weighted by molar-refractivity contribution is 5.59. The Morgan fingerprint density at radius 3 is 2.39 bits per heavy atom. The van der Waals surface area contributed by atoms with Crippen molar-refractivity contribution in [2.45, 2.75) is 13.0 Å². The van der Waals surface area contributed by atoms with Gasteiger partial charge in [0.1, 0.15) is 11.8 Å². The van der Waals surface area contributed by atoms with Gasteiger partial charge >= 0.3 is 0 Å². The number of benzene rings is 2. The molecule has 0 fully saturated rings. The van der Waals surface area contributed by atoms with Crippen molar-refractivity contribution in [1.29, 1.82) is 5.26 Å². The zero-order valence-corrected chi connectivity index (χ0v) is 16.6. The van der Waals surface area contributed by atoms with E-state index in [4.69, 9.17) is 9.15 Å². The molecule has 28 heavy (non-hydrogen) atoms. The second-order valence-electron chi connectivity index (χ2n) is 6.81. The number of nitrogens with zero attached hydrogens (tertiary/aromatic N) is 3. The zero-order chi connectivity index (χ0) is 20.1. The van der Waals surface area contributed by atoms with E-state index in [1.165, 1.54) is 0 Å². The van der Waals surface area contributed by atoms with Gasteiger partial charge in [0.25, 0.3) is 0 Å². The number of likely N-dealkylation sites (N-methyl/N-ethyl adjacent to an activating group) is 1. The molecular weight excluding hydrogens is 352 g/mol. The van der Waals surface area contributed by atoms with E-state index in [0.717, 1.165) is 22.4 Å². The Hall–Kier alpha value is -3.30. The largest absolute Gasteiger partial charge is 0.497 e. The third-order valence-electron chi connectivity index (χ3n) is 4.61. The molecule has 1 aromatic heterocycles. The molecule has 6 heteroatoms. The summed E-state index contributed by atoms with van der Waals surface area (Å²) >= 11 is 0. The summed E-state index contributed by atoms with van der Waals surface area (Å²) in [7, 11) is 5.68. The van der Waals surface area contributed by atoms with Crippen molar-refractivity contribution in [3.05, 3.63) is 65.4 Å². The second-order valence-corrected chi connectivity index (χ2v) is 6.81. The van der Waals surface area contributed by atoms with E-state index in [2.05, 4.69) is 21.3 Å². The van der Waals surface area contributed by atoms with Gasteiger partial charge in [0.05, 0.1) is 13.2 Å². The summed E-state index contributed by atoms with van der Waals surface area (Å²) in [6.45, 7) is 2.59. The number of anilines is 1. The Labute approximate surface area is 165 Å². The third kappa shape index (κ3) is 4.33. The van der Waals surface area contributed by atoms with Gasteiger partial charge in [-0.1, -0.05) is 29.8 Å². The number of nitrogens with one attached hydrogen (secondary N) is 1. The number of oxazole rings is 1. The van der Waals surface area contributed by atoms with E-state index in [0.29, 0.717) is 18.3 Å². The summed E-state index contributed by atoms with van der Waals surface area (Å²) in [6, 6.07) is 18.0. The van der Waals surface area contributed by atoms with Crippen LogP contribution in [0.2, 0.25) is 0 Å². The summed E-state index contributed by atoms with van der Waals surface area (Å²) in [5, 5.41) is 12.7. The molecule has 6 nitrogen and oxygen atoms in total. The van der Waals surface area contributed by atoms with Gasteiger partial charge in [-0.25, -0.2) is 0 Å². The van der Waals surface area contributed by atoms with Crippen molar-refractivity contribution in [3.8, 4) is 23.3 Å². The summed E-state index contributed by atoms with van der Waals surface area (Å²) < 4.78 is 11.1. The standard InChI is InChI=1S/C22H24N4O2/c1-15-5-7-17(8-6-15)21-25-19(13-23)22(28-21)24-14-20(26(2)3)16-9-11-18(27-4)12-10-16/h5-12,20,24H,14H2,1-4H3. The van der Waals surface area contributed by atoms with E-state index < -0.39 is 0 Å². The lowest BCUT2D eigenvalue weighted by Crippen LogP contribution is -2.26. The first-order valence-corrected chi connectivity index (χ1v) is 9.04. The third-order valence-corrected chi connectivity index (χ3v) is 4.61. The van der Waals surface area contributed by atoms with Gasteiger partial charge in [-0.2, -0.15) is 10.2 Å². The number of hydrogen-bond donors (Lipinski definition) is 1. The number of methoxy groups -OCH3 is 1. The van der Waals surface area contributed by atoms with Crippen LogP contribution in [0.1, 0.15) is 22.9 Å². The van der Waals surface area contributed by atoms with Crippen molar-refractivity contribution in [1.82, 2.24) is 9.88 Å². The molecule has 144 valence electrons. The van der Waals surface area contributed by atoms with Crippen LogP contribution in [-0.2, 0) is 0 Å². The fourth-order valence-electron chi connectivity index (χ4n) is 2.95. The SMILES string of the molecule is COc1ccc(C(CNc2oc(-c3ccc(C)cc3)nc2C#N)N(C)C)cc1. The molecule has 3 rings (SSSR count). The normalized spacial score (nSPS) is 11.9. The highest BCUT2D eigenvalue weighted by Crippen LogP contribution is 2.27. The van der Waals surface area contributed by atoms with Gasteiger partial charge in [0.15, 0.2) is 0 Å². The number of ether oxygens (including phenoxy) is 1. The van der Waals surface area contributed by atoms with Crippen LogP contribution in [-0.4, -0.2) is 37.6 Å². The molecule has 0 aliphatic carbocycles. The lowest BCUT2D eigenvalue weighted by atomic mass is 10.1. The summed E-state index contributed by atoms with van der Waals surface area (Å²) in [4.78, 5) is 6.44. The van der Waals surface area contributed by atoms with Crippen molar-refractivity contribution in [3.63, 3.8) is 0 Å². The van der Waals surface area contributed by atoms with Gasteiger partial charge < -0.3 is 19.4 Å². The van der Waals surface area contributed by atoms with E-state index in [-0.39, 0.29) is 11.7 Å².